The van der Waals surface area contributed by atoms with Crippen molar-refractivity contribution in [2.75, 3.05) is 5.73 Å². The van der Waals surface area contributed by atoms with Crippen molar-refractivity contribution in [1.29, 1.82) is 0 Å². The Balaban J connectivity index is 1.75. The lowest BCUT2D eigenvalue weighted by molar-refractivity contribution is -0.384. The van der Waals surface area contributed by atoms with E-state index in [1.807, 2.05) is 37.3 Å². The molecular formula is C28H24N4O6S. The van der Waals surface area contributed by atoms with Gasteiger partial charge >= 0.3 is 5.69 Å². The molecular weight excluding hydrogens is 520 g/mol. The van der Waals surface area contributed by atoms with Crippen LogP contribution >= 0.6 is 0 Å². The maximum atomic E-state index is 13.5. The van der Waals surface area contributed by atoms with E-state index in [0.29, 0.717) is 5.56 Å². The van der Waals surface area contributed by atoms with Crippen molar-refractivity contribution in [2.45, 2.75) is 18.4 Å². The summed E-state index contributed by atoms with van der Waals surface area (Å²) in [4.78, 5) is 24.7. The van der Waals surface area contributed by atoms with E-state index in [-0.39, 0.29) is 39.4 Å². The van der Waals surface area contributed by atoms with Gasteiger partial charge in [0, 0.05) is 36.0 Å². The van der Waals surface area contributed by atoms with Crippen LogP contribution in [0.15, 0.2) is 94.9 Å². The van der Waals surface area contributed by atoms with Crippen LogP contribution in [-0.4, -0.2) is 21.9 Å². The van der Waals surface area contributed by atoms with Gasteiger partial charge in [-0.3, -0.25) is 14.9 Å². The number of rotatable bonds is 7. The Labute approximate surface area is 223 Å². The summed E-state index contributed by atoms with van der Waals surface area (Å²) in [5.74, 6) is -0.0852. The van der Waals surface area contributed by atoms with Crippen LogP contribution in [0.25, 0.3) is 22.0 Å². The van der Waals surface area contributed by atoms with Crippen molar-refractivity contribution in [1.82, 2.24) is 8.54 Å². The number of fused-ring (bicyclic) bond motifs is 1. The molecule has 3 aromatic carbocycles. The molecule has 0 fully saturated rings. The first-order chi connectivity index (χ1) is 18.6. The van der Waals surface area contributed by atoms with Gasteiger partial charge in [0.2, 0.25) is 5.75 Å². The highest BCUT2D eigenvalue weighted by Crippen LogP contribution is 2.44. The van der Waals surface area contributed by atoms with E-state index >= 15 is 0 Å². The Bertz CT molecular complexity index is 1890. The fourth-order valence-electron chi connectivity index (χ4n) is 4.43. The number of aryl methyl sites for hydroxylation is 2. The van der Waals surface area contributed by atoms with Gasteiger partial charge in [-0.1, -0.05) is 48.0 Å². The van der Waals surface area contributed by atoms with E-state index in [1.165, 1.54) is 48.3 Å². The molecule has 0 amide bonds. The second kappa shape index (κ2) is 9.76. The molecule has 39 heavy (non-hydrogen) atoms. The standard InChI is InChI=1S/C28H24N4O6S/c1-18-8-10-20(11-9-18)39(36,37)31-15-14-21-23(16-30(2)28(33)25(21)31)22-12-13-24(29)26(32(34)35)27(22)38-17-19-6-4-3-5-7-19/h3-16H,17,29H2,1-2H3. The van der Waals surface area contributed by atoms with Crippen LogP contribution in [0.5, 0.6) is 5.75 Å². The number of nitrogen functional groups attached to an aromatic ring is 1. The number of benzene rings is 3. The molecule has 0 radical (unpaired) electrons. The zero-order valence-corrected chi connectivity index (χ0v) is 21.9. The van der Waals surface area contributed by atoms with Gasteiger partial charge in [-0.05, 0) is 42.8 Å². The number of aromatic nitrogens is 2. The van der Waals surface area contributed by atoms with Crippen LogP contribution in [0.2, 0.25) is 0 Å². The number of ether oxygens (including phenoxy) is 1. The Morgan fingerprint density at radius 2 is 1.67 bits per heavy atom. The van der Waals surface area contributed by atoms with E-state index in [0.717, 1.165) is 15.1 Å². The maximum absolute atomic E-state index is 13.5. The summed E-state index contributed by atoms with van der Waals surface area (Å²) in [5.41, 5.74) is 7.15. The topological polar surface area (TPSA) is 139 Å². The van der Waals surface area contributed by atoms with Gasteiger partial charge in [0.1, 0.15) is 17.8 Å². The predicted octanol–water partition coefficient (Wildman–Crippen LogP) is 4.62. The zero-order chi connectivity index (χ0) is 27.9. The zero-order valence-electron chi connectivity index (χ0n) is 21.1. The van der Waals surface area contributed by atoms with Gasteiger partial charge in [-0.2, -0.15) is 0 Å². The Hall–Kier alpha value is -4.90. The predicted molar refractivity (Wildman–Crippen MR) is 148 cm³/mol. The average molecular weight is 545 g/mol. The SMILES string of the molecule is Cc1ccc(S(=O)(=O)n2ccc3c(-c4ccc(N)c([N+](=O)[O-])c4OCc4ccccc4)cn(C)c(=O)c32)cc1. The molecule has 2 heterocycles. The minimum atomic E-state index is -4.12. The number of nitrogens with two attached hydrogens (primary N) is 1. The molecule has 10 nitrogen and oxygen atoms in total. The van der Waals surface area contributed by atoms with Gasteiger partial charge in [0.05, 0.1) is 9.82 Å². The van der Waals surface area contributed by atoms with E-state index in [4.69, 9.17) is 10.5 Å². The number of anilines is 1. The number of nitro benzene ring substituents is 1. The van der Waals surface area contributed by atoms with E-state index < -0.39 is 26.2 Å². The van der Waals surface area contributed by atoms with Gasteiger partial charge in [0.25, 0.3) is 15.6 Å². The van der Waals surface area contributed by atoms with Gasteiger partial charge < -0.3 is 15.0 Å². The van der Waals surface area contributed by atoms with Crippen LogP contribution in [0.3, 0.4) is 0 Å². The normalized spacial score (nSPS) is 11.5. The Kier molecular flexibility index (Phi) is 6.44. The molecule has 5 aromatic rings. The average Bonchev–Trinajstić information content (AvgIpc) is 3.37. The van der Waals surface area contributed by atoms with Gasteiger partial charge in [0.15, 0.2) is 0 Å². The molecule has 0 atom stereocenters. The number of nitro groups is 1. The first-order valence-electron chi connectivity index (χ1n) is 11.9. The lowest BCUT2D eigenvalue weighted by Gasteiger charge is -2.15. The maximum Gasteiger partial charge on any atom is 0.334 e. The number of nitrogens with zero attached hydrogens (tertiary/aromatic N) is 3. The van der Waals surface area contributed by atoms with E-state index in [9.17, 15) is 23.3 Å². The fourth-order valence-corrected chi connectivity index (χ4v) is 5.78. The molecule has 2 aromatic heterocycles. The molecule has 0 aliphatic rings. The molecule has 11 heteroatoms. The third-order valence-electron chi connectivity index (χ3n) is 6.43. The summed E-state index contributed by atoms with van der Waals surface area (Å²) in [6.07, 6.45) is 2.80. The highest BCUT2D eigenvalue weighted by molar-refractivity contribution is 7.90. The lowest BCUT2D eigenvalue weighted by atomic mass is 10.0. The molecule has 5 rings (SSSR count). The molecule has 0 saturated heterocycles. The van der Waals surface area contributed by atoms with Crippen molar-refractivity contribution in [3.8, 4) is 16.9 Å². The van der Waals surface area contributed by atoms with Crippen LogP contribution < -0.4 is 16.0 Å². The molecule has 0 aliphatic heterocycles. The molecule has 198 valence electrons. The minimum absolute atomic E-state index is 0.0214. The Morgan fingerprint density at radius 1 is 0.974 bits per heavy atom. The molecule has 0 unspecified atom stereocenters. The van der Waals surface area contributed by atoms with Crippen molar-refractivity contribution in [2.24, 2.45) is 7.05 Å². The van der Waals surface area contributed by atoms with Crippen LogP contribution in [0, 0.1) is 17.0 Å². The first-order valence-corrected chi connectivity index (χ1v) is 13.3. The minimum Gasteiger partial charge on any atom is -0.481 e. The second-order valence-corrected chi connectivity index (χ2v) is 10.9. The van der Waals surface area contributed by atoms with Crippen molar-refractivity contribution >= 4 is 32.3 Å². The number of hydrogen-bond donors (Lipinski definition) is 1. The largest absolute Gasteiger partial charge is 0.481 e. The summed E-state index contributed by atoms with van der Waals surface area (Å²) in [6, 6.07) is 19.9. The van der Waals surface area contributed by atoms with Crippen molar-refractivity contribution in [3.63, 3.8) is 0 Å². The molecule has 2 N–H and O–H groups in total. The fraction of sp³-hybridized carbons (Fsp3) is 0.107. The second-order valence-electron chi connectivity index (χ2n) is 9.06. The van der Waals surface area contributed by atoms with Crippen molar-refractivity contribution < 1.29 is 18.1 Å². The van der Waals surface area contributed by atoms with Crippen molar-refractivity contribution in [3.05, 3.63) is 117 Å². The summed E-state index contributed by atoms with van der Waals surface area (Å²) in [6.45, 7) is 1.86. The van der Waals surface area contributed by atoms with Gasteiger partial charge in [-0.25, -0.2) is 12.4 Å². The monoisotopic (exact) mass is 544 g/mol. The quantitative estimate of drug-likeness (QED) is 0.179. The van der Waals surface area contributed by atoms with Crippen LogP contribution in [-0.2, 0) is 23.7 Å². The first kappa shape index (κ1) is 25.7. The highest BCUT2D eigenvalue weighted by Gasteiger charge is 2.28. The lowest BCUT2D eigenvalue weighted by Crippen LogP contribution is -2.22. The number of pyridine rings is 1. The smallest absolute Gasteiger partial charge is 0.334 e. The van der Waals surface area contributed by atoms with Gasteiger partial charge in [-0.15, -0.1) is 0 Å². The van der Waals surface area contributed by atoms with Crippen LogP contribution in [0.1, 0.15) is 11.1 Å². The third kappa shape index (κ3) is 4.53. The number of hydrogen-bond acceptors (Lipinski definition) is 7. The van der Waals surface area contributed by atoms with E-state index in [2.05, 4.69) is 0 Å². The highest BCUT2D eigenvalue weighted by atomic mass is 32.2. The summed E-state index contributed by atoms with van der Waals surface area (Å²) < 4.78 is 35.2. The third-order valence-corrected chi connectivity index (χ3v) is 8.12. The molecule has 0 aliphatic carbocycles. The summed E-state index contributed by atoms with van der Waals surface area (Å²) in [5, 5.41) is 12.3. The van der Waals surface area contributed by atoms with E-state index in [1.54, 1.807) is 18.2 Å². The van der Waals surface area contributed by atoms with Crippen LogP contribution in [0.4, 0.5) is 11.4 Å². The Morgan fingerprint density at radius 3 is 2.33 bits per heavy atom. The summed E-state index contributed by atoms with van der Waals surface area (Å²) in [7, 11) is -2.63. The molecule has 0 spiro atoms. The summed E-state index contributed by atoms with van der Waals surface area (Å²) >= 11 is 0. The molecule has 0 saturated carbocycles. The molecule has 0 bridgehead atoms.